The quantitative estimate of drug-likeness (QED) is 0.496. The molecule has 0 N–H and O–H groups in total. The van der Waals surface area contributed by atoms with Crippen molar-refractivity contribution in [3.05, 3.63) is 108 Å². The Kier molecular flexibility index (Phi) is 5.97. The Bertz CT molecular complexity index is 693. The molecule has 3 aromatic rings. The monoisotopic (exact) mass is 349 g/mol. The molecule has 0 aromatic heterocycles. The topological polar surface area (TPSA) is 0 Å². The average Bonchev–Trinajstić information content (AvgIpc) is 2.58. The first-order chi connectivity index (χ1) is 10.4. The summed E-state index contributed by atoms with van der Waals surface area (Å²) in [5.41, 5.74) is 5.26. The van der Waals surface area contributed by atoms with Crippen LogP contribution < -0.4 is 0 Å². The Morgan fingerprint density at radius 3 is 1.18 bits per heavy atom. The van der Waals surface area contributed by atoms with Gasteiger partial charge in [0, 0.05) is 27.3 Å². The van der Waals surface area contributed by atoms with Gasteiger partial charge in [-0.25, -0.2) is 0 Å². The Labute approximate surface area is 145 Å². The van der Waals surface area contributed by atoms with E-state index in [2.05, 4.69) is 91.0 Å². The predicted octanol–water partition coefficient (Wildman–Crippen LogP) is 3.97. The third-order valence-corrected chi connectivity index (χ3v) is 4.78. The van der Waals surface area contributed by atoms with Gasteiger partial charge < -0.3 is 0 Å². The van der Waals surface area contributed by atoms with Gasteiger partial charge in [0.1, 0.15) is 0 Å². The summed E-state index contributed by atoms with van der Waals surface area (Å²) in [6.45, 7) is 0. The molecule has 0 bridgehead atoms. The van der Waals surface area contributed by atoms with Crippen molar-refractivity contribution in [1.82, 2.24) is 0 Å². The van der Waals surface area contributed by atoms with Crippen LogP contribution in [0.3, 0.4) is 0 Å². The zero-order valence-corrected chi connectivity index (χ0v) is 15.4. The van der Waals surface area contributed by atoms with Crippen molar-refractivity contribution in [3.63, 3.8) is 0 Å². The van der Waals surface area contributed by atoms with Crippen molar-refractivity contribution in [2.45, 2.75) is 0 Å². The standard InChI is InChI=1S/C20H18Si.Cu/c21-20(18-14-8-3-9-15-18)19(16-10-4-1-5-11-16)17-12-6-2-7-13-17;/h1-15H,21H3;. The first-order valence-electron chi connectivity index (χ1n) is 7.23. The Morgan fingerprint density at radius 1 is 0.500 bits per heavy atom. The molecule has 0 spiro atoms. The van der Waals surface area contributed by atoms with Crippen molar-refractivity contribution in [1.29, 1.82) is 0 Å². The molecule has 0 atom stereocenters. The van der Waals surface area contributed by atoms with Crippen LogP contribution in [0.1, 0.15) is 16.7 Å². The fraction of sp³-hybridized carbons (Fsp3) is 0. The van der Waals surface area contributed by atoms with Gasteiger partial charge >= 0.3 is 0 Å². The fourth-order valence-corrected chi connectivity index (χ4v) is 3.55. The first-order valence-corrected chi connectivity index (χ1v) is 8.23. The molecule has 3 aromatic carbocycles. The molecule has 3 rings (SSSR count). The summed E-state index contributed by atoms with van der Waals surface area (Å²) in [7, 11) is 1.01. The van der Waals surface area contributed by atoms with Gasteiger partial charge in [-0.05, 0) is 22.3 Å². The molecule has 22 heavy (non-hydrogen) atoms. The zero-order valence-electron chi connectivity index (χ0n) is 12.5. The molecule has 0 amide bonds. The maximum absolute atomic E-state index is 2.20. The van der Waals surface area contributed by atoms with Crippen LogP contribution in [0.25, 0.3) is 10.8 Å². The van der Waals surface area contributed by atoms with Gasteiger partial charge in [-0.15, -0.1) is 0 Å². The largest absolute Gasteiger partial charge is 0.0622 e. The molecule has 0 aliphatic heterocycles. The van der Waals surface area contributed by atoms with E-state index in [9.17, 15) is 0 Å². The Balaban J connectivity index is 0.00000176. The molecule has 0 aliphatic carbocycles. The van der Waals surface area contributed by atoms with Crippen LogP contribution in [-0.2, 0) is 17.1 Å². The van der Waals surface area contributed by atoms with Crippen LogP contribution in [0.4, 0.5) is 0 Å². The SMILES string of the molecule is [Cu].[SiH3]C(=C(c1ccccc1)c1ccccc1)c1ccccc1. The van der Waals surface area contributed by atoms with Crippen molar-refractivity contribution >= 4 is 21.0 Å². The van der Waals surface area contributed by atoms with Crippen LogP contribution in [0.5, 0.6) is 0 Å². The molecule has 0 saturated heterocycles. The summed E-state index contributed by atoms with van der Waals surface area (Å²) in [5.74, 6) is 0. The third-order valence-electron chi connectivity index (χ3n) is 3.71. The molecular weight excluding hydrogens is 332 g/mol. The molecule has 0 fully saturated rings. The summed E-state index contributed by atoms with van der Waals surface area (Å²) in [5, 5.41) is 1.44. The fourth-order valence-electron chi connectivity index (χ4n) is 2.64. The van der Waals surface area contributed by atoms with Crippen LogP contribution in [-0.4, -0.2) is 10.2 Å². The third kappa shape index (κ3) is 3.66. The number of rotatable bonds is 3. The summed E-state index contributed by atoms with van der Waals surface area (Å²) < 4.78 is 0. The van der Waals surface area contributed by atoms with Gasteiger partial charge in [0.25, 0.3) is 0 Å². The van der Waals surface area contributed by atoms with Gasteiger partial charge in [0.05, 0.1) is 0 Å². The summed E-state index contributed by atoms with van der Waals surface area (Å²) >= 11 is 0. The van der Waals surface area contributed by atoms with Crippen molar-refractivity contribution in [2.75, 3.05) is 0 Å². The normalized spacial score (nSPS) is 9.82. The number of benzene rings is 3. The van der Waals surface area contributed by atoms with Crippen molar-refractivity contribution in [3.8, 4) is 0 Å². The van der Waals surface area contributed by atoms with Crippen LogP contribution >= 0.6 is 0 Å². The zero-order chi connectivity index (χ0) is 14.5. The molecule has 0 aliphatic rings. The first kappa shape index (κ1) is 16.5. The van der Waals surface area contributed by atoms with E-state index < -0.39 is 0 Å². The van der Waals surface area contributed by atoms with Crippen LogP contribution in [0, 0.1) is 0 Å². The summed E-state index contributed by atoms with van der Waals surface area (Å²) in [4.78, 5) is 0. The Hall–Kier alpha value is -1.86. The Morgan fingerprint density at radius 2 is 0.818 bits per heavy atom. The maximum Gasteiger partial charge on any atom is 0.0401 e. The predicted molar refractivity (Wildman–Crippen MR) is 95.2 cm³/mol. The van der Waals surface area contributed by atoms with E-state index in [0.29, 0.717) is 0 Å². The van der Waals surface area contributed by atoms with Crippen LogP contribution in [0.15, 0.2) is 91.0 Å². The molecule has 113 valence electrons. The molecule has 0 heterocycles. The molecule has 0 nitrogen and oxygen atoms in total. The second-order valence-electron chi connectivity index (χ2n) is 5.10. The second kappa shape index (κ2) is 7.95. The second-order valence-corrected chi connectivity index (χ2v) is 6.10. The average molecular weight is 350 g/mol. The van der Waals surface area contributed by atoms with Gasteiger partial charge in [-0.2, -0.15) is 0 Å². The van der Waals surface area contributed by atoms with Gasteiger partial charge in [0.15, 0.2) is 0 Å². The van der Waals surface area contributed by atoms with Gasteiger partial charge in [-0.3, -0.25) is 0 Å². The van der Waals surface area contributed by atoms with E-state index in [1.165, 1.54) is 27.5 Å². The van der Waals surface area contributed by atoms with E-state index in [4.69, 9.17) is 0 Å². The smallest absolute Gasteiger partial charge is 0.0401 e. The minimum Gasteiger partial charge on any atom is -0.0622 e. The van der Waals surface area contributed by atoms with E-state index in [0.717, 1.165) is 10.2 Å². The van der Waals surface area contributed by atoms with E-state index >= 15 is 0 Å². The maximum atomic E-state index is 2.20. The molecule has 2 heteroatoms. The summed E-state index contributed by atoms with van der Waals surface area (Å²) in [6.07, 6.45) is 0. The molecule has 1 radical (unpaired) electrons. The van der Waals surface area contributed by atoms with Crippen LogP contribution in [0.2, 0.25) is 0 Å². The minimum absolute atomic E-state index is 0. The van der Waals surface area contributed by atoms with E-state index in [1.807, 2.05) is 0 Å². The van der Waals surface area contributed by atoms with E-state index in [-0.39, 0.29) is 17.1 Å². The molecule has 0 saturated carbocycles. The summed E-state index contributed by atoms with van der Waals surface area (Å²) in [6, 6.07) is 32.1. The number of hydrogen-bond donors (Lipinski definition) is 0. The minimum atomic E-state index is 0. The van der Waals surface area contributed by atoms with Gasteiger partial charge in [0.2, 0.25) is 0 Å². The molecular formula is C20H18CuSi. The molecule has 0 unspecified atom stereocenters. The van der Waals surface area contributed by atoms with E-state index in [1.54, 1.807) is 0 Å². The van der Waals surface area contributed by atoms with Crippen molar-refractivity contribution in [2.24, 2.45) is 0 Å². The number of hydrogen-bond acceptors (Lipinski definition) is 0. The van der Waals surface area contributed by atoms with Gasteiger partial charge in [-0.1, -0.05) is 96.2 Å². The van der Waals surface area contributed by atoms with Crippen molar-refractivity contribution < 1.29 is 17.1 Å².